The lowest BCUT2D eigenvalue weighted by Crippen LogP contribution is -2.32. The molecule has 0 aliphatic heterocycles. The van der Waals surface area contributed by atoms with E-state index in [9.17, 15) is 17.6 Å². The molecule has 28 heavy (non-hydrogen) atoms. The van der Waals surface area contributed by atoms with E-state index < -0.39 is 15.8 Å². The van der Waals surface area contributed by atoms with Crippen molar-refractivity contribution in [2.45, 2.75) is 18.4 Å². The third-order valence-electron chi connectivity index (χ3n) is 4.06. The van der Waals surface area contributed by atoms with Crippen LogP contribution < -0.4 is 10.3 Å². The van der Waals surface area contributed by atoms with Crippen LogP contribution >= 0.6 is 11.6 Å². The molecule has 0 saturated carbocycles. The van der Waals surface area contributed by atoms with Crippen LogP contribution in [-0.4, -0.2) is 24.7 Å². The molecule has 1 aromatic heterocycles. The first kappa shape index (κ1) is 20.2. The summed E-state index contributed by atoms with van der Waals surface area (Å²) >= 11 is 5.87. The summed E-state index contributed by atoms with van der Waals surface area (Å²) in [5.41, 5.74) is 1.22. The maximum atomic E-state index is 13.3. The van der Waals surface area contributed by atoms with E-state index in [1.807, 2.05) is 0 Å². The molecule has 0 atom stereocenters. The topological polar surface area (TPSA) is 81.1 Å². The standard InChI is InChI=1S/C19H17ClFN3O3S/c1-13-12-16(6-7-17(13)21)28(26,27)22-10-11-24-19(25)9-8-18(23-24)14-2-4-15(20)5-3-14/h2-9,12,22H,10-11H2,1H3. The van der Waals surface area contributed by atoms with Crippen LogP contribution in [0.3, 0.4) is 0 Å². The van der Waals surface area contributed by atoms with E-state index in [0.717, 1.165) is 11.6 Å². The monoisotopic (exact) mass is 421 g/mol. The van der Waals surface area contributed by atoms with Crippen LogP contribution in [0.2, 0.25) is 5.02 Å². The number of hydrogen-bond acceptors (Lipinski definition) is 4. The van der Waals surface area contributed by atoms with Gasteiger partial charge in [-0.25, -0.2) is 22.2 Å². The second kappa shape index (κ2) is 8.22. The van der Waals surface area contributed by atoms with Gasteiger partial charge in [-0.15, -0.1) is 0 Å². The van der Waals surface area contributed by atoms with Crippen LogP contribution in [0.15, 0.2) is 64.3 Å². The molecule has 9 heteroatoms. The minimum Gasteiger partial charge on any atom is -0.268 e. The van der Waals surface area contributed by atoms with Crippen LogP contribution in [0.25, 0.3) is 11.3 Å². The molecule has 0 fully saturated rings. The average molecular weight is 422 g/mol. The Kier molecular flexibility index (Phi) is 5.93. The molecule has 0 amide bonds. The molecule has 1 heterocycles. The molecule has 0 radical (unpaired) electrons. The highest BCUT2D eigenvalue weighted by Crippen LogP contribution is 2.18. The third-order valence-corrected chi connectivity index (χ3v) is 5.77. The third kappa shape index (κ3) is 4.64. The van der Waals surface area contributed by atoms with E-state index >= 15 is 0 Å². The van der Waals surface area contributed by atoms with Gasteiger partial charge in [-0.2, -0.15) is 5.10 Å². The van der Waals surface area contributed by atoms with E-state index in [-0.39, 0.29) is 29.1 Å². The highest BCUT2D eigenvalue weighted by molar-refractivity contribution is 7.89. The predicted octanol–water partition coefficient (Wildman–Crippen LogP) is 2.99. The van der Waals surface area contributed by atoms with E-state index in [4.69, 9.17) is 11.6 Å². The molecule has 1 N–H and O–H groups in total. The minimum atomic E-state index is -3.82. The van der Waals surface area contributed by atoms with E-state index in [1.165, 1.54) is 29.8 Å². The SMILES string of the molecule is Cc1cc(S(=O)(=O)NCCn2nc(-c3ccc(Cl)cc3)ccc2=O)ccc1F. The van der Waals surface area contributed by atoms with Gasteiger partial charge in [0, 0.05) is 23.2 Å². The summed E-state index contributed by atoms with van der Waals surface area (Å²) in [4.78, 5) is 12.0. The molecule has 6 nitrogen and oxygen atoms in total. The van der Waals surface area contributed by atoms with Crippen LogP contribution in [-0.2, 0) is 16.6 Å². The number of rotatable bonds is 6. The van der Waals surface area contributed by atoms with Gasteiger partial charge >= 0.3 is 0 Å². The number of nitrogens with one attached hydrogen (secondary N) is 1. The lowest BCUT2D eigenvalue weighted by Gasteiger charge is -2.10. The molecule has 0 aliphatic carbocycles. The number of halogens is 2. The number of aryl methyl sites for hydroxylation is 1. The van der Waals surface area contributed by atoms with Gasteiger partial charge in [-0.3, -0.25) is 4.79 Å². The van der Waals surface area contributed by atoms with Gasteiger partial charge in [-0.1, -0.05) is 23.7 Å². The molecule has 0 bridgehead atoms. The van der Waals surface area contributed by atoms with Gasteiger partial charge in [0.25, 0.3) is 5.56 Å². The Morgan fingerprint density at radius 1 is 1.11 bits per heavy atom. The second-order valence-electron chi connectivity index (χ2n) is 6.10. The first-order valence-corrected chi connectivity index (χ1v) is 10.2. The van der Waals surface area contributed by atoms with Gasteiger partial charge in [0.1, 0.15) is 5.82 Å². The Morgan fingerprint density at radius 2 is 1.82 bits per heavy atom. The summed E-state index contributed by atoms with van der Waals surface area (Å²) in [6.45, 7) is 1.48. The lowest BCUT2D eigenvalue weighted by molar-refractivity contribution is 0.548. The summed E-state index contributed by atoms with van der Waals surface area (Å²) in [7, 11) is -3.82. The van der Waals surface area contributed by atoms with Gasteiger partial charge in [0.15, 0.2) is 0 Å². The van der Waals surface area contributed by atoms with Crippen molar-refractivity contribution < 1.29 is 12.8 Å². The minimum absolute atomic E-state index is 0.0402. The zero-order valence-corrected chi connectivity index (χ0v) is 16.5. The zero-order chi connectivity index (χ0) is 20.3. The Balaban J connectivity index is 1.73. The molecule has 0 spiro atoms. The fourth-order valence-electron chi connectivity index (χ4n) is 2.54. The fourth-order valence-corrected chi connectivity index (χ4v) is 3.77. The summed E-state index contributed by atoms with van der Waals surface area (Å²) in [6, 6.07) is 13.5. The van der Waals surface area contributed by atoms with Gasteiger partial charge in [0.05, 0.1) is 17.1 Å². The Bertz CT molecular complexity index is 1160. The normalized spacial score (nSPS) is 11.5. The van der Waals surface area contributed by atoms with Crippen molar-refractivity contribution >= 4 is 21.6 Å². The predicted molar refractivity (Wildman–Crippen MR) is 105 cm³/mol. The van der Waals surface area contributed by atoms with E-state index in [0.29, 0.717) is 10.7 Å². The van der Waals surface area contributed by atoms with Crippen molar-refractivity contribution in [3.05, 3.63) is 81.4 Å². The van der Waals surface area contributed by atoms with Crippen LogP contribution in [0.5, 0.6) is 0 Å². The largest absolute Gasteiger partial charge is 0.268 e. The first-order valence-electron chi connectivity index (χ1n) is 8.36. The quantitative estimate of drug-likeness (QED) is 0.663. The number of nitrogens with zero attached hydrogens (tertiary/aromatic N) is 2. The van der Waals surface area contributed by atoms with Crippen molar-refractivity contribution in [3.8, 4) is 11.3 Å². The highest BCUT2D eigenvalue weighted by atomic mass is 35.5. The Morgan fingerprint density at radius 3 is 2.50 bits per heavy atom. The van der Waals surface area contributed by atoms with E-state index in [1.54, 1.807) is 30.3 Å². The summed E-state index contributed by atoms with van der Waals surface area (Å²) in [5.74, 6) is -0.478. The maximum Gasteiger partial charge on any atom is 0.266 e. The zero-order valence-electron chi connectivity index (χ0n) is 14.9. The molecule has 3 aromatic rings. The van der Waals surface area contributed by atoms with Crippen LogP contribution in [0.1, 0.15) is 5.56 Å². The van der Waals surface area contributed by atoms with Crippen molar-refractivity contribution in [2.75, 3.05) is 6.54 Å². The molecule has 0 unspecified atom stereocenters. The van der Waals surface area contributed by atoms with Crippen molar-refractivity contribution in [1.29, 1.82) is 0 Å². The Labute approximate surface area is 166 Å². The molecular weight excluding hydrogens is 405 g/mol. The fraction of sp³-hybridized carbons (Fsp3) is 0.158. The maximum absolute atomic E-state index is 13.3. The van der Waals surface area contributed by atoms with Crippen molar-refractivity contribution in [1.82, 2.24) is 14.5 Å². The number of hydrogen-bond donors (Lipinski definition) is 1. The van der Waals surface area contributed by atoms with Gasteiger partial charge < -0.3 is 0 Å². The first-order chi connectivity index (χ1) is 13.3. The van der Waals surface area contributed by atoms with Gasteiger partial charge in [-0.05, 0) is 48.9 Å². The highest BCUT2D eigenvalue weighted by Gasteiger charge is 2.15. The smallest absolute Gasteiger partial charge is 0.266 e. The molecule has 0 aliphatic rings. The number of sulfonamides is 1. The van der Waals surface area contributed by atoms with Crippen molar-refractivity contribution in [3.63, 3.8) is 0 Å². The number of benzene rings is 2. The molecule has 3 rings (SSSR count). The summed E-state index contributed by atoms with van der Waals surface area (Å²) < 4.78 is 41.6. The van der Waals surface area contributed by atoms with Gasteiger partial charge in [0.2, 0.25) is 10.0 Å². The summed E-state index contributed by atoms with van der Waals surface area (Å²) in [6.07, 6.45) is 0. The molecular formula is C19H17ClFN3O3S. The summed E-state index contributed by atoms with van der Waals surface area (Å²) in [5, 5.41) is 4.85. The van der Waals surface area contributed by atoms with E-state index in [2.05, 4.69) is 9.82 Å². The van der Waals surface area contributed by atoms with Crippen LogP contribution in [0, 0.1) is 12.7 Å². The average Bonchev–Trinajstić information content (AvgIpc) is 2.66. The molecule has 0 saturated heterocycles. The number of aromatic nitrogens is 2. The lowest BCUT2D eigenvalue weighted by atomic mass is 10.1. The Hall–Kier alpha value is -2.55. The molecule has 2 aromatic carbocycles. The van der Waals surface area contributed by atoms with Crippen molar-refractivity contribution in [2.24, 2.45) is 0 Å². The van der Waals surface area contributed by atoms with Crippen LogP contribution in [0.4, 0.5) is 4.39 Å². The molecule has 146 valence electrons. The second-order valence-corrected chi connectivity index (χ2v) is 8.30.